The Morgan fingerprint density at radius 2 is 1.75 bits per heavy atom. The third-order valence-electron chi connectivity index (χ3n) is 6.19. The first-order chi connectivity index (χ1) is 11.2. The van der Waals surface area contributed by atoms with Crippen LogP contribution in [0.15, 0.2) is 12.3 Å². The van der Waals surface area contributed by atoms with Gasteiger partial charge < -0.3 is 0 Å². The molecule has 1 fully saturated rings. The van der Waals surface area contributed by atoms with Gasteiger partial charge in [0, 0.05) is 11.8 Å². The molecule has 2 unspecified atom stereocenters. The highest BCUT2D eigenvalue weighted by Gasteiger charge is 2.52. The van der Waals surface area contributed by atoms with Crippen LogP contribution in [-0.4, -0.2) is 36.4 Å². The van der Waals surface area contributed by atoms with Gasteiger partial charge in [0.1, 0.15) is 37.2 Å². The molecule has 24 heavy (non-hydrogen) atoms. The van der Waals surface area contributed by atoms with E-state index in [2.05, 4.69) is 18.8 Å². The number of benzene rings is 1. The second kappa shape index (κ2) is 5.03. The van der Waals surface area contributed by atoms with Crippen molar-refractivity contribution in [1.82, 2.24) is 4.98 Å². The Kier molecular flexibility index (Phi) is 3.36. The number of pyridine rings is 1. The average Bonchev–Trinajstić information content (AvgIpc) is 2.57. The maximum Gasteiger partial charge on any atom is 0.124 e. The summed E-state index contributed by atoms with van der Waals surface area (Å²) in [6.45, 7) is 4.59. The molecular formula is C18H14B4FN. The molecule has 6 heteroatoms. The number of nitrogens with zero attached hydrogens (tertiary/aromatic N) is 1. The third kappa shape index (κ3) is 1.95. The Bertz CT molecular complexity index is 849. The molecule has 0 aliphatic heterocycles. The molecule has 0 N–H and O–H groups in total. The first kappa shape index (κ1) is 16.1. The average molecular weight is 307 g/mol. The van der Waals surface area contributed by atoms with E-state index in [0.717, 1.165) is 6.42 Å². The van der Waals surface area contributed by atoms with Crippen LogP contribution >= 0.6 is 0 Å². The smallest absolute Gasteiger partial charge is 0.124 e. The fraction of sp³-hybridized carbons (Fsp3) is 0.389. The van der Waals surface area contributed by atoms with Crippen molar-refractivity contribution in [3.63, 3.8) is 0 Å². The second-order valence-electron chi connectivity index (χ2n) is 7.62. The van der Waals surface area contributed by atoms with E-state index >= 15 is 0 Å². The van der Waals surface area contributed by atoms with Crippen LogP contribution in [0.3, 0.4) is 0 Å². The maximum absolute atomic E-state index is 14.7. The minimum absolute atomic E-state index is 0.0188. The number of rotatable bonds is 1. The quantitative estimate of drug-likeness (QED) is 0.662. The Hall–Kier alpha value is -1.44. The van der Waals surface area contributed by atoms with E-state index in [0.29, 0.717) is 17.5 Å². The Labute approximate surface area is 147 Å². The molecule has 1 aromatic carbocycles. The Balaban J connectivity index is 1.90. The van der Waals surface area contributed by atoms with Gasteiger partial charge in [0.25, 0.3) is 0 Å². The van der Waals surface area contributed by atoms with Crippen molar-refractivity contribution in [2.24, 2.45) is 11.3 Å². The molecule has 0 saturated heterocycles. The number of aromatic nitrogens is 1. The van der Waals surface area contributed by atoms with Gasteiger partial charge in [-0.05, 0) is 47.3 Å². The molecule has 110 valence electrons. The molecule has 2 bridgehead atoms. The lowest BCUT2D eigenvalue weighted by atomic mass is 9.47. The normalized spacial score (nSPS) is 23.5. The van der Waals surface area contributed by atoms with E-state index < -0.39 is 5.82 Å². The summed E-state index contributed by atoms with van der Waals surface area (Å²) < 4.78 is 14.7. The summed E-state index contributed by atoms with van der Waals surface area (Å²) in [4.78, 5) is 4.43. The van der Waals surface area contributed by atoms with Crippen molar-refractivity contribution in [3.8, 4) is 11.3 Å². The van der Waals surface area contributed by atoms with Crippen LogP contribution in [0.1, 0.15) is 37.3 Å². The fourth-order valence-corrected chi connectivity index (χ4v) is 4.33. The zero-order chi connectivity index (χ0) is 17.4. The van der Waals surface area contributed by atoms with E-state index in [1.54, 1.807) is 0 Å². The monoisotopic (exact) mass is 307 g/mol. The standard InChI is InChI=1S/C18H14B4FN/c1-18(2)8-3-7-6-24-11(5-9(7)10(18)4-8)12-13(19)14(20)15(21)16(22)17(12)23/h5-6,8,10H,3-4H2,1-2H3. The lowest BCUT2D eigenvalue weighted by molar-refractivity contribution is 0.0184. The van der Waals surface area contributed by atoms with Gasteiger partial charge in [-0.15, -0.1) is 10.9 Å². The zero-order valence-electron chi connectivity index (χ0n) is 13.9. The lowest BCUT2D eigenvalue weighted by Crippen LogP contribution is -2.50. The SMILES string of the molecule is [B]c1c([B])c([B])c(-c2cc3c(cn2)CC2CC3C2(C)C)c(F)c1[B]. The highest BCUT2D eigenvalue weighted by atomic mass is 19.1. The Morgan fingerprint density at radius 1 is 1.08 bits per heavy atom. The highest BCUT2D eigenvalue weighted by Crippen LogP contribution is 2.62. The molecular weight excluding hydrogens is 292 g/mol. The minimum Gasteiger partial charge on any atom is -0.256 e. The minimum atomic E-state index is -0.659. The van der Waals surface area contributed by atoms with Crippen LogP contribution in [0.4, 0.5) is 4.39 Å². The molecule has 1 aromatic heterocycles. The van der Waals surface area contributed by atoms with Gasteiger partial charge in [-0.1, -0.05) is 24.8 Å². The summed E-state index contributed by atoms with van der Waals surface area (Å²) >= 11 is 0. The summed E-state index contributed by atoms with van der Waals surface area (Å²) in [7, 11) is 23.4. The third-order valence-corrected chi connectivity index (χ3v) is 6.19. The van der Waals surface area contributed by atoms with E-state index in [-0.39, 0.29) is 32.8 Å². The van der Waals surface area contributed by atoms with E-state index in [1.807, 2.05) is 12.3 Å². The van der Waals surface area contributed by atoms with Gasteiger partial charge in [-0.3, -0.25) is 4.98 Å². The van der Waals surface area contributed by atoms with Gasteiger partial charge >= 0.3 is 0 Å². The summed E-state index contributed by atoms with van der Waals surface area (Å²) in [5.41, 5.74) is 3.35. The van der Waals surface area contributed by atoms with Crippen molar-refractivity contribution in [3.05, 3.63) is 29.2 Å². The molecule has 5 rings (SSSR count). The first-order valence-corrected chi connectivity index (χ1v) is 8.14. The van der Waals surface area contributed by atoms with Crippen LogP contribution in [0, 0.1) is 17.2 Å². The molecule has 1 nitrogen and oxygen atoms in total. The molecule has 0 amide bonds. The zero-order valence-corrected chi connectivity index (χ0v) is 13.9. The van der Waals surface area contributed by atoms with Crippen molar-refractivity contribution in [1.29, 1.82) is 0 Å². The van der Waals surface area contributed by atoms with Gasteiger partial charge in [0.05, 0.1) is 5.69 Å². The number of hydrogen-bond donors (Lipinski definition) is 0. The topological polar surface area (TPSA) is 12.9 Å². The van der Waals surface area contributed by atoms with Gasteiger partial charge in [-0.25, -0.2) is 4.39 Å². The number of hydrogen-bond acceptors (Lipinski definition) is 1. The predicted octanol–water partition coefficient (Wildman–Crippen LogP) is -0.251. The van der Waals surface area contributed by atoms with Crippen molar-refractivity contribution in [2.45, 2.75) is 32.6 Å². The summed E-state index contributed by atoms with van der Waals surface area (Å²) in [6, 6.07) is 1.95. The molecule has 2 atom stereocenters. The molecule has 1 heterocycles. The molecule has 3 aliphatic carbocycles. The summed E-state index contributed by atoms with van der Waals surface area (Å²) in [5, 5.41) is 0. The van der Waals surface area contributed by atoms with E-state index in [9.17, 15) is 4.39 Å². The van der Waals surface area contributed by atoms with Crippen LogP contribution in [0.5, 0.6) is 0 Å². The molecule has 8 radical (unpaired) electrons. The molecule has 2 aromatic rings. The summed E-state index contributed by atoms with van der Waals surface area (Å²) in [5.74, 6) is 0.515. The van der Waals surface area contributed by atoms with Crippen molar-refractivity contribution < 1.29 is 4.39 Å². The van der Waals surface area contributed by atoms with Crippen molar-refractivity contribution >= 4 is 53.2 Å². The van der Waals surface area contributed by atoms with Gasteiger partial charge in [0.15, 0.2) is 0 Å². The molecule has 0 spiro atoms. The predicted molar refractivity (Wildman–Crippen MR) is 99.5 cm³/mol. The Morgan fingerprint density at radius 3 is 2.42 bits per heavy atom. The van der Waals surface area contributed by atoms with Gasteiger partial charge in [-0.2, -0.15) is 0 Å². The maximum atomic E-state index is 14.7. The number of halogens is 1. The van der Waals surface area contributed by atoms with Gasteiger partial charge in [0.2, 0.25) is 0 Å². The first-order valence-electron chi connectivity index (χ1n) is 8.14. The lowest BCUT2D eigenvalue weighted by Gasteiger charge is -2.57. The van der Waals surface area contributed by atoms with Crippen LogP contribution in [-0.2, 0) is 6.42 Å². The van der Waals surface area contributed by atoms with Crippen LogP contribution in [0.2, 0.25) is 0 Å². The van der Waals surface area contributed by atoms with Crippen LogP contribution in [0.25, 0.3) is 11.3 Å². The second-order valence-corrected chi connectivity index (χ2v) is 7.62. The van der Waals surface area contributed by atoms with Crippen LogP contribution < -0.4 is 21.9 Å². The highest BCUT2D eigenvalue weighted by molar-refractivity contribution is 6.63. The fourth-order valence-electron chi connectivity index (χ4n) is 4.33. The molecule has 1 saturated carbocycles. The summed E-state index contributed by atoms with van der Waals surface area (Å²) in [6.07, 6.45) is 4.03. The molecule has 3 aliphatic rings. The van der Waals surface area contributed by atoms with Crippen molar-refractivity contribution in [2.75, 3.05) is 0 Å². The van der Waals surface area contributed by atoms with E-state index in [4.69, 9.17) is 31.4 Å². The van der Waals surface area contributed by atoms with E-state index in [1.165, 1.54) is 17.5 Å². The largest absolute Gasteiger partial charge is 0.256 e.